The topological polar surface area (TPSA) is 67.9 Å². The summed E-state index contributed by atoms with van der Waals surface area (Å²) in [6.45, 7) is 4.06. The molecule has 7 heteroatoms. The molecule has 2 amide bonds. The third-order valence-corrected chi connectivity index (χ3v) is 2.71. The number of halogens is 1. The van der Waals surface area contributed by atoms with Crippen molar-refractivity contribution in [2.24, 2.45) is 0 Å². The van der Waals surface area contributed by atoms with Gasteiger partial charge in [-0.3, -0.25) is 5.32 Å². The number of alkyl halides is 1. The van der Waals surface area contributed by atoms with Crippen molar-refractivity contribution in [1.29, 1.82) is 0 Å². The van der Waals surface area contributed by atoms with E-state index in [-0.39, 0.29) is 6.10 Å². The number of rotatable bonds is 5. The van der Waals surface area contributed by atoms with Gasteiger partial charge in [0.2, 0.25) is 0 Å². The van der Waals surface area contributed by atoms with E-state index in [0.717, 1.165) is 0 Å². The second-order valence-corrected chi connectivity index (χ2v) is 5.38. The first-order chi connectivity index (χ1) is 9.92. The Morgan fingerprint density at radius 2 is 2.10 bits per heavy atom. The number of benzene rings is 1. The molecule has 1 N–H and O–H groups in total. The van der Waals surface area contributed by atoms with Gasteiger partial charge in [0.25, 0.3) is 0 Å². The molecule has 0 unspecified atom stereocenters. The molecule has 0 atom stereocenters. The molecular formula is C14H19BrN2O4. The summed E-state index contributed by atoms with van der Waals surface area (Å²) in [6.07, 6.45) is -1.22. The van der Waals surface area contributed by atoms with Crippen molar-refractivity contribution >= 4 is 33.8 Å². The number of hydrogen-bond acceptors (Lipinski definition) is 4. The third-order valence-electron chi connectivity index (χ3n) is 2.36. The van der Waals surface area contributed by atoms with Gasteiger partial charge in [-0.15, -0.1) is 0 Å². The van der Waals surface area contributed by atoms with Crippen molar-refractivity contribution in [2.45, 2.75) is 20.0 Å². The van der Waals surface area contributed by atoms with E-state index in [4.69, 9.17) is 9.47 Å². The number of nitrogens with zero attached hydrogens (tertiary/aromatic N) is 1. The van der Waals surface area contributed by atoms with Crippen molar-refractivity contribution in [2.75, 3.05) is 24.2 Å². The van der Waals surface area contributed by atoms with Crippen molar-refractivity contribution in [1.82, 2.24) is 4.90 Å². The molecule has 0 aliphatic rings. The Bertz CT molecular complexity index is 494. The SMILES string of the molecule is CC(C)OC(=O)Nc1cccc(OC(=O)N(C)CCBr)c1. The average molecular weight is 359 g/mol. The maximum absolute atomic E-state index is 11.8. The molecule has 0 spiro atoms. The highest BCUT2D eigenvalue weighted by Crippen LogP contribution is 2.18. The Kier molecular flexibility index (Phi) is 7.01. The summed E-state index contributed by atoms with van der Waals surface area (Å²) in [4.78, 5) is 24.7. The number of anilines is 1. The summed E-state index contributed by atoms with van der Waals surface area (Å²) in [5.74, 6) is 0.351. The van der Waals surface area contributed by atoms with Gasteiger partial charge in [-0.25, -0.2) is 9.59 Å². The molecule has 1 rings (SSSR count). The lowest BCUT2D eigenvalue weighted by atomic mass is 10.3. The van der Waals surface area contributed by atoms with Gasteiger partial charge >= 0.3 is 12.2 Å². The molecule has 0 bridgehead atoms. The molecule has 6 nitrogen and oxygen atoms in total. The highest BCUT2D eigenvalue weighted by atomic mass is 79.9. The highest BCUT2D eigenvalue weighted by molar-refractivity contribution is 9.09. The molecule has 0 saturated carbocycles. The molecule has 1 aromatic carbocycles. The van der Waals surface area contributed by atoms with Crippen molar-refractivity contribution in [3.05, 3.63) is 24.3 Å². The van der Waals surface area contributed by atoms with Gasteiger partial charge in [0, 0.05) is 30.7 Å². The van der Waals surface area contributed by atoms with Crippen LogP contribution in [-0.4, -0.2) is 42.1 Å². The number of hydrogen-bond donors (Lipinski definition) is 1. The van der Waals surface area contributed by atoms with E-state index in [9.17, 15) is 9.59 Å². The number of nitrogens with one attached hydrogen (secondary N) is 1. The summed E-state index contributed by atoms with van der Waals surface area (Å²) in [5.41, 5.74) is 0.495. The van der Waals surface area contributed by atoms with Gasteiger partial charge < -0.3 is 14.4 Å². The summed E-state index contributed by atoms with van der Waals surface area (Å²) in [5, 5.41) is 3.24. The first kappa shape index (κ1) is 17.3. The first-order valence-corrected chi connectivity index (χ1v) is 7.61. The molecule has 0 radical (unpaired) electrons. The summed E-state index contributed by atoms with van der Waals surface area (Å²) in [6, 6.07) is 6.56. The molecule has 0 heterocycles. The lowest BCUT2D eigenvalue weighted by Crippen LogP contribution is -2.31. The van der Waals surface area contributed by atoms with Gasteiger partial charge in [0.05, 0.1) is 6.10 Å². The van der Waals surface area contributed by atoms with Crippen LogP contribution in [0.3, 0.4) is 0 Å². The summed E-state index contributed by atoms with van der Waals surface area (Å²) >= 11 is 3.25. The largest absolute Gasteiger partial charge is 0.447 e. The quantitative estimate of drug-likeness (QED) is 0.818. The fourth-order valence-corrected chi connectivity index (χ4v) is 1.93. The average Bonchev–Trinajstić information content (AvgIpc) is 2.38. The minimum absolute atomic E-state index is 0.205. The zero-order valence-corrected chi connectivity index (χ0v) is 13.8. The molecule has 1 aromatic rings. The molecule has 0 fully saturated rings. The van der Waals surface area contributed by atoms with Crippen molar-refractivity contribution in [3.63, 3.8) is 0 Å². The van der Waals surface area contributed by atoms with Crippen LogP contribution in [0.5, 0.6) is 5.75 Å². The van der Waals surface area contributed by atoms with Crippen LogP contribution in [-0.2, 0) is 4.74 Å². The summed E-state index contributed by atoms with van der Waals surface area (Å²) < 4.78 is 10.2. The van der Waals surface area contributed by atoms with E-state index in [2.05, 4.69) is 21.2 Å². The van der Waals surface area contributed by atoms with E-state index in [1.54, 1.807) is 45.2 Å². The molecule has 21 heavy (non-hydrogen) atoms. The Morgan fingerprint density at radius 1 is 1.38 bits per heavy atom. The minimum atomic E-state index is -0.551. The number of amides is 2. The Balaban J connectivity index is 2.64. The minimum Gasteiger partial charge on any atom is -0.447 e. The van der Waals surface area contributed by atoms with Crippen LogP contribution < -0.4 is 10.1 Å². The van der Waals surface area contributed by atoms with Crippen LogP contribution in [0, 0.1) is 0 Å². The molecule has 0 aliphatic heterocycles. The standard InChI is InChI=1S/C14H19BrN2O4/c1-10(2)20-13(18)16-11-5-4-6-12(9-11)21-14(19)17(3)8-7-15/h4-6,9-10H,7-8H2,1-3H3,(H,16,18). The second kappa shape index (κ2) is 8.51. The first-order valence-electron chi connectivity index (χ1n) is 6.49. The van der Waals surface area contributed by atoms with Crippen LogP contribution in [0.15, 0.2) is 24.3 Å². The molecule has 0 aliphatic carbocycles. The highest BCUT2D eigenvalue weighted by Gasteiger charge is 2.11. The predicted molar refractivity (Wildman–Crippen MR) is 84.1 cm³/mol. The van der Waals surface area contributed by atoms with Gasteiger partial charge in [0.1, 0.15) is 5.75 Å². The van der Waals surface area contributed by atoms with Crippen LogP contribution in [0.2, 0.25) is 0 Å². The monoisotopic (exact) mass is 358 g/mol. The lowest BCUT2D eigenvalue weighted by Gasteiger charge is -2.15. The Labute approximate surface area is 132 Å². The van der Waals surface area contributed by atoms with Crippen molar-refractivity contribution in [3.8, 4) is 5.75 Å². The normalized spacial score (nSPS) is 10.1. The van der Waals surface area contributed by atoms with E-state index in [1.807, 2.05) is 0 Å². The molecule has 116 valence electrons. The van der Waals surface area contributed by atoms with Crippen LogP contribution in [0.25, 0.3) is 0 Å². The van der Waals surface area contributed by atoms with Gasteiger partial charge in [0.15, 0.2) is 0 Å². The third kappa shape index (κ3) is 6.48. The Morgan fingerprint density at radius 3 is 2.71 bits per heavy atom. The number of carbonyl (C=O) groups is 2. The van der Waals surface area contributed by atoms with Crippen LogP contribution in [0.1, 0.15) is 13.8 Å². The lowest BCUT2D eigenvalue weighted by molar-refractivity contribution is 0.130. The van der Waals surface area contributed by atoms with Crippen molar-refractivity contribution < 1.29 is 19.1 Å². The predicted octanol–water partition coefficient (Wildman–Crippen LogP) is 3.47. The fourth-order valence-electron chi connectivity index (χ4n) is 1.40. The van der Waals surface area contributed by atoms with Crippen LogP contribution in [0.4, 0.5) is 15.3 Å². The smallest absolute Gasteiger partial charge is 0.414 e. The van der Waals surface area contributed by atoms with E-state index >= 15 is 0 Å². The zero-order chi connectivity index (χ0) is 15.8. The number of ether oxygens (including phenoxy) is 2. The van der Waals surface area contributed by atoms with E-state index in [0.29, 0.717) is 23.3 Å². The maximum Gasteiger partial charge on any atom is 0.414 e. The van der Waals surface area contributed by atoms with Gasteiger partial charge in [-0.05, 0) is 26.0 Å². The molecular weight excluding hydrogens is 340 g/mol. The Hall–Kier alpha value is -1.76. The molecule has 0 aromatic heterocycles. The second-order valence-electron chi connectivity index (χ2n) is 4.59. The van der Waals surface area contributed by atoms with E-state index < -0.39 is 12.2 Å². The molecule has 0 saturated heterocycles. The zero-order valence-electron chi connectivity index (χ0n) is 12.3. The maximum atomic E-state index is 11.8. The van der Waals surface area contributed by atoms with Gasteiger partial charge in [-0.1, -0.05) is 22.0 Å². The fraction of sp³-hybridized carbons (Fsp3) is 0.429. The summed E-state index contributed by atoms with van der Waals surface area (Å²) in [7, 11) is 1.64. The van der Waals surface area contributed by atoms with Crippen LogP contribution >= 0.6 is 15.9 Å². The van der Waals surface area contributed by atoms with E-state index in [1.165, 1.54) is 4.90 Å². The number of carbonyl (C=O) groups excluding carboxylic acids is 2. The van der Waals surface area contributed by atoms with Gasteiger partial charge in [-0.2, -0.15) is 0 Å².